The van der Waals surface area contributed by atoms with Crippen molar-refractivity contribution in [1.82, 2.24) is 14.7 Å². The van der Waals surface area contributed by atoms with E-state index in [0.29, 0.717) is 18.4 Å². The van der Waals surface area contributed by atoms with Crippen molar-refractivity contribution in [3.05, 3.63) is 42.5 Å². The summed E-state index contributed by atoms with van der Waals surface area (Å²) in [6.45, 7) is 12.5. The van der Waals surface area contributed by atoms with Gasteiger partial charge in [-0.1, -0.05) is 24.3 Å². The number of nitrogens with zero attached hydrogens (tertiary/aromatic N) is 3. The number of piperazine rings is 1. The van der Waals surface area contributed by atoms with Crippen molar-refractivity contribution in [1.29, 1.82) is 0 Å². The molecule has 4 aliphatic rings. The van der Waals surface area contributed by atoms with Crippen LogP contribution >= 0.6 is 0 Å². The number of para-hydroxylation sites is 1. The number of amides is 1. The molecule has 3 atom stereocenters. The number of carbonyl (C=O) groups excluding carboxylic acids is 1. The minimum absolute atomic E-state index is 0.0177. The fourth-order valence-corrected chi connectivity index (χ4v) is 5.95. The maximum absolute atomic E-state index is 13.7. The van der Waals surface area contributed by atoms with E-state index in [4.69, 9.17) is 9.47 Å². The van der Waals surface area contributed by atoms with Gasteiger partial charge in [0.1, 0.15) is 5.75 Å². The first kappa shape index (κ1) is 21.0. The molecule has 0 saturated carbocycles. The highest BCUT2D eigenvalue weighted by Gasteiger charge is 2.50. The Hall–Kier alpha value is -1.89. The number of hydrogen-bond donors (Lipinski definition) is 0. The highest BCUT2D eigenvalue weighted by Crippen LogP contribution is 2.48. The summed E-state index contributed by atoms with van der Waals surface area (Å²) in [6, 6.07) is 8.70. The van der Waals surface area contributed by atoms with Gasteiger partial charge in [-0.25, -0.2) is 0 Å². The number of likely N-dealkylation sites (tertiary alicyclic amines) is 1. The van der Waals surface area contributed by atoms with Crippen LogP contribution < -0.4 is 4.74 Å². The van der Waals surface area contributed by atoms with E-state index >= 15 is 0 Å². The summed E-state index contributed by atoms with van der Waals surface area (Å²) in [5.74, 6) is 2.22. The third-order valence-electron chi connectivity index (χ3n) is 7.64. The van der Waals surface area contributed by atoms with Gasteiger partial charge >= 0.3 is 0 Å². The van der Waals surface area contributed by atoms with Crippen molar-refractivity contribution < 1.29 is 14.3 Å². The SMILES string of the molecule is C=CCN1CCN(C(=O)[C@@H]2CN(CC3CCOCC3)[C@H]3c4ccccc4OC[C@@H]23)CC1. The summed E-state index contributed by atoms with van der Waals surface area (Å²) in [6.07, 6.45) is 4.19. The summed E-state index contributed by atoms with van der Waals surface area (Å²) >= 11 is 0. The van der Waals surface area contributed by atoms with Gasteiger partial charge in [-0.15, -0.1) is 6.58 Å². The molecule has 0 unspecified atom stereocenters. The number of benzene rings is 1. The Morgan fingerprint density at radius 2 is 1.90 bits per heavy atom. The molecule has 0 radical (unpaired) electrons. The Bertz CT molecular complexity index is 786. The first-order valence-corrected chi connectivity index (χ1v) is 11.9. The van der Waals surface area contributed by atoms with Crippen LogP contribution in [0.25, 0.3) is 0 Å². The van der Waals surface area contributed by atoms with E-state index in [9.17, 15) is 4.79 Å². The molecular formula is C25H35N3O3. The maximum Gasteiger partial charge on any atom is 0.227 e. The van der Waals surface area contributed by atoms with Gasteiger partial charge in [-0.2, -0.15) is 0 Å². The van der Waals surface area contributed by atoms with E-state index in [2.05, 4.69) is 39.5 Å². The van der Waals surface area contributed by atoms with E-state index in [0.717, 1.165) is 77.6 Å². The molecule has 31 heavy (non-hydrogen) atoms. The Balaban J connectivity index is 1.34. The second-order valence-corrected chi connectivity index (χ2v) is 9.49. The van der Waals surface area contributed by atoms with Gasteiger partial charge in [-0.3, -0.25) is 14.6 Å². The first-order valence-electron chi connectivity index (χ1n) is 11.9. The molecule has 3 fully saturated rings. The monoisotopic (exact) mass is 425 g/mol. The Kier molecular flexibility index (Phi) is 6.30. The Morgan fingerprint density at radius 3 is 2.68 bits per heavy atom. The molecule has 1 aromatic rings. The molecule has 168 valence electrons. The average Bonchev–Trinajstić information content (AvgIpc) is 3.19. The zero-order valence-electron chi connectivity index (χ0n) is 18.5. The van der Waals surface area contributed by atoms with Gasteiger partial charge in [0, 0.05) is 76.6 Å². The molecule has 3 saturated heterocycles. The van der Waals surface area contributed by atoms with Crippen LogP contribution in [0.5, 0.6) is 5.75 Å². The lowest BCUT2D eigenvalue weighted by Crippen LogP contribution is -2.51. The lowest BCUT2D eigenvalue weighted by atomic mass is 9.84. The smallest absolute Gasteiger partial charge is 0.227 e. The van der Waals surface area contributed by atoms with E-state index in [1.54, 1.807) is 0 Å². The van der Waals surface area contributed by atoms with Crippen LogP contribution in [0.4, 0.5) is 0 Å². The third-order valence-corrected chi connectivity index (χ3v) is 7.64. The normalized spacial score (nSPS) is 29.8. The highest BCUT2D eigenvalue weighted by atomic mass is 16.5. The quantitative estimate of drug-likeness (QED) is 0.678. The second kappa shape index (κ2) is 9.31. The molecule has 0 aliphatic carbocycles. The van der Waals surface area contributed by atoms with Crippen LogP contribution in [-0.4, -0.2) is 86.2 Å². The molecule has 4 aliphatic heterocycles. The average molecular weight is 426 g/mol. The topological polar surface area (TPSA) is 45.2 Å². The predicted octanol–water partition coefficient (Wildman–Crippen LogP) is 2.42. The highest BCUT2D eigenvalue weighted by molar-refractivity contribution is 5.80. The summed E-state index contributed by atoms with van der Waals surface area (Å²) < 4.78 is 11.7. The molecular weight excluding hydrogens is 390 g/mol. The zero-order chi connectivity index (χ0) is 21.2. The van der Waals surface area contributed by atoms with Gasteiger partial charge in [0.05, 0.1) is 12.5 Å². The number of hydrogen-bond acceptors (Lipinski definition) is 5. The molecule has 6 nitrogen and oxygen atoms in total. The van der Waals surface area contributed by atoms with Crippen LogP contribution in [0, 0.1) is 17.8 Å². The van der Waals surface area contributed by atoms with Crippen molar-refractivity contribution in [3.63, 3.8) is 0 Å². The fourth-order valence-electron chi connectivity index (χ4n) is 5.95. The van der Waals surface area contributed by atoms with Crippen LogP contribution in [-0.2, 0) is 9.53 Å². The first-order chi connectivity index (χ1) is 15.2. The molecule has 1 amide bonds. The molecule has 0 spiro atoms. The second-order valence-electron chi connectivity index (χ2n) is 9.49. The number of carbonyl (C=O) groups is 1. The van der Waals surface area contributed by atoms with Crippen LogP contribution in [0.3, 0.4) is 0 Å². The zero-order valence-corrected chi connectivity index (χ0v) is 18.5. The van der Waals surface area contributed by atoms with Gasteiger partial charge in [-0.05, 0) is 24.8 Å². The Morgan fingerprint density at radius 1 is 1.13 bits per heavy atom. The molecule has 1 aromatic carbocycles. The van der Waals surface area contributed by atoms with Gasteiger partial charge < -0.3 is 14.4 Å². The number of ether oxygens (including phenoxy) is 2. The minimum Gasteiger partial charge on any atom is -0.493 e. The largest absolute Gasteiger partial charge is 0.493 e. The third kappa shape index (κ3) is 4.26. The molecule has 0 bridgehead atoms. The number of rotatable bonds is 5. The van der Waals surface area contributed by atoms with Gasteiger partial charge in [0.25, 0.3) is 0 Å². The van der Waals surface area contributed by atoms with Crippen LogP contribution in [0.1, 0.15) is 24.4 Å². The van der Waals surface area contributed by atoms with Gasteiger partial charge in [0.15, 0.2) is 0 Å². The number of fused-ring (bicyclic) bond motifs is 3. The molecule has 0 N–H and O–H groups in total. The van der Waals surface area contributed by atoms with Crippen LogP contribution in [0.15, 0.2) is 36.9 Å². The van der Waals surface area contributed by atoms with Crippen molar-refractivity contribution in [2.75, 3.05) is 65.6 Å². The van der Waals surface area contributed by atoms with E-state index < -0.39 is 0 Å². The van der Waals surface area contributed by atoms with Crippen LogP contribution in [0.2, 0.25) is 0 Å². The van der Waals surface area contributed by atoms with Crippen molar-refractivity contribution in [3.8, 4) is 5.75 Å². The lowest BCUT2D eigenvalue weighted by Gasteiger charge is -2.38. The van der Waals surface area contributed by atoms with E-state index in [1.807, 2.05) is 12.1 Å². The van der Waals surface area contributed by atoms with Crippen molar-refractivity contribution in [2.24, 2.45) is 17.8 Å². The van der Waals surface area contributed by atoms with Crippen molar-refractivity contribution >= 4 is 5.91 Å². The summed E-state index contributed by atoms with van der Waals surface area (Å²) in [5.41, 5.74) is 1.26. The van der Waals surface area contributed by atoms with E-state index in [1.165, 1.54) is 5.56 Å². The molecule has 5 rings (SSSR count). The Labute approximate surface area is 185 Å². The fraction of sp³-hybridized carbons (Fsp3) is 0.640. The summed E-state index contributed by atoms with van der Waals surface area (Å²) in [5, 5.41) is 0. The minimum atomic E-state index is 0.0177. The summed E-state index contributed by atoms with van der Waals surface area (Å²) in [4.78, 5) is 20.7. The molecule has 6 heteroatoms. The standard InChI is InChI=1S/C25H35N3O3/c1-2-9-26-10-12-27(13-11-26)25(29)21-17-28(16-19-7-14-30-15-8-19)24-20-5-3-4-6-23(20)31-18-22(21)24/h2-6,19,21-22,24H,1,7-18H2/t21-,22+,24+/m1/s1. The predicted molar refractivity (Wildman–Crippen MR) is 120 cm³/mol. The maximum atomic E-state index is 13.7. The van der Waals surface area contributed by atoms with Gasteiger partial charge in [0.2, 0.25) is 5.91 Å². The summed E-state index contributed by atoms with van der Waals surface area (Å²) in [7, 11) is 0. The molecule has 0 aromatic heterocycles. The van der Waals surface area contributed by atoms with E-state index in [-0.39, 0.29) is 17.9 Å². The lowest BCUT2D eigenvalue weighted by molar-refractivity contribution is -0.138. The molecule has 4 heterocycles. The van der Waals surface area contributed by atoms with Crippen molar-refractivity contribution in [2.45, 2.75) is 18.9 Å².